The van der Waals surface area contributed by atoms with Crippen LogP contribution in [0.5, 0.6) is 0 Å². The minimum Gasteiger partial charge on any atom is -0.481 e. The van der Waals surface area contributed by atoms with Crippen molar-refractivity contribution in [3.8, 4) is 0 Å². The van der Waals surface area contributed by atoms with Crippen LogP contribution in [0.1, 0.15) is 17.7 Å². The van der Waals surface area contributed by atoms with Gasteiger partial charge in [0, 0.05) is 31.9 Å². The van der Waals surface area contributed by atoms with E-state index in [1.807, 2.05) is 48.2 Å². The van der Waals surface area contributed by atoms with Gasteiger partial charge in [0.2, 0.25) is 5.95 Å². The number of benzene rings is 1. The summed E-state index contributed by atoms with van der Waals surface area (Å²) in [4.78, 5) is 22.8. The second-order valence-corrected chi connectivity index (χ2v) is 6.78. The van der Waals surface area contributed by atoms with Crippen LogP contribution < -0.4 is 10.2 Å². The zero-order chi connectivity index (χ0) is 18.7. The Balaban J connectivity index is 1.83. The second kappa shape index (κ2) is 7.29. The summed E-state index contributed by atoms with van der Waals surface area (Å²) in [6, 6.07) is 11.3. The minimum absolute atomic E-state index is 0.186. The maximum atomic E-state index is 12.1. The number of aliphatic hydroxyl groups excluding tert-OH is 1. The topological polar surface area (TPSA) is 98.6 Å². The van der Waals surface area contributed by atoms with Crippen LogP contribution >= 0.6 is 0 Å². The molecule has 0 saturated carbocycles. The summed E-state index contributed by atoms with van der Waals surface area (Å²) in [6.45, 7) is 2.54. The first kappa shape index (κ1) is 18.1. The molecule has 0 aliphatic carbocycles. The number of hydrogen-bond acceptors (Lipinski definition) is 6. The van der Waals surface area contributed by atoms with Crippen molar-refractivity contribution in [3.05, 3.63) is 47.7 Å². The molecule has 0 bridgehead atoms. The predicted octanol–water partition coefficient (Wildman–Crippen LogP) is 1.71. The molecule has 0 unspecified atom stereocenters. The first-order valence-corrected chi connectivity index (χ1v) is 8.68. The number of aromatic nitrogens is 2. The smallest absolute Gasteiger partial charge is 0.312 e. The number of nitrogens with zero attached hydrogens (tertiary/aromatic N) is 3. The van der Waals surface area contributed by atoms with E-state index in [1.165, 1.54) is 0 Å². The summed E-state index contributed by atoms with van der Waals surface area (Å²) >= 11 is 0. The van der Waals surface area contributed by atoms with Gasteiger partial charge in [-0.25, -0.2) is 4.98 Å². The van der Waals surface area contributed by atoms with Crippen LogP contribution in [0.15, 0.2) is 36.4 Å². The number of β-amino-alcohol motifs (C(OH)–C–C–N with tert-alkyl or cyclic N) is 1. The first-order valence-electron chi connectivity index (χ1n) is 8.68. The highest BCUT2D eigenvalue weighted by Gasteiger charge is 2.49. The quantitative estimate of drug-likeness (QED) is 0.750. The lowest BCUT2D eigenvalue weighted by Gasteiger charge is -2.43. The van der Waals surface area contributed by atoms with Gasteiger partial charge in [-0.3, -0.25) is 4.79 Å². The number of anilines is 2. The minimum atomic E-state index is -1.20. The summed E-state index contributed by atoms with van der Waals surface area (Å²) in [7, 11) is 1.78. The highest BCUT2D eigenvalue weighted by Crippen LogP contribution is 2.37. The fourth-order valence-electron chi connectivity index (χ4n) is 3.47. The molecule has 2 aromatic rings. The number of rotatable bonds is 5. The number of nitrogens with one attached hydrogen (secondary N) is 1. The fraction of sp³-hybridized carbons (Fsp3) is 0.421. The van der Waals surface area contributed by atoms with E-state index in [0.717, 1.165) is 11.3 Å². The van der Waals surface area contributed by atoms with E-state index in [0.29, 0.717) is 31.2 Å². The highest BCUT2D eigenvalue weighted by atomic mass is 16.4. The lowest BCUT2D eigenvalue weighted by atomic mass is 9.72. The van der Waals surface area contributed by atoms with Gasteiger partial charge in [0.05, 0.1) is 6.10 Å². The molecule has 0 spiro atoms. The van der Waals surface area contributed by atoms with E-state index in [-0.39, 0.29) is 6.54 Å². The van der Waals surface area contributed by atoms with Gasteiger partial charge in [-0.05, 0) is 25.3 Å². The summed E-state index contributed by atoms with van der Waals surface area (Å²) in [5.74, 6) is 0.239. The van der Waals surface area contributed by atoms with Crippen LogP contribution in [0.4, 0.5) is 11.8 Å². The molecule has 1 saturated heterocycles. The summed E-state index contributed by atoms with van der Waals surface area (Å²) in [5.41, 5.74) is 0.521. The maximum Gasteiger partial charge on any atom is 0.312 e. The van der Waals surface area contributed by atoms with Crippen LogP contribution in [0, 0.1) is 12.3 Å². The van der Waals surface area contributed by atoms with Gasteiger partial charge in [-0.2, -0.15) is 4.98 Å². The molecule has 138 valence electrons. The number of carboxylic acids is 1. The molecule has 26 heavy (non-hydrogen) atoms. The van der Waals surface area contributed by atoms with Crippen LogP contribution in [0.25, 0.3) is 0 Å². The van der Waals surface area contributed by atoms with Crippen molar-refractivity contribution in [2.45, 2.75) is 25.9 Å². The van der Waals surface area contributed by atoms with E-state index in [4.69, 9.17) is 0 Å². The Morgan fingerprint density at radius 2 is 2.08 bits per heavy atom. The monoisotopic (exact) mass is 356 g/mol. The molecule has 2 atom stereocenters. The molecule has 1 aromatic heterocycles. The third kappa shape index (κ3) is 3.48. The number of hydrogen-bond donors (Lipinski definition) is 3. The van der Waals surface area contributed by atoms with Crippen molar-refractivity contribution in [2.24, 2.45) is 5.41 Å². The van der Waals surface area contributed by atoms with E-state index in [1.54, 1.807) is 7.05 Å². The zero-order valence-electron chi connectivity index (χ0n) is 15.0. The van der Waals surface area contributed by atoms with E-state index >= 15 is 0 Å². The summed E-state index contributed by atoms with van der Waals surface area (Å²) in [6.07, 6.45) is -0.393. The number of aryl methyl sites for hydroxylation is 1. The van der Waals surface area contributed by atoms with Crippen LogP contribution in [0.2, 0.25) is 0 Å². The Hall–Kier alpha value is -2.67. The zero-order valence-corrected chi connectivity index (χ0v) is 15.0. The van der Waals surface area contributed by atoms with E-state index < -0.39 is 17.5 Å². The van der Waals surface area contributed by atoms with Crippen LogP contribution in [-0.4, -0.2) is 52.4 Å². The van der Waals surface area contributed by atoms with Crippen molar-refractivity contribution >= 4 is 17.7 Å². The largest absolute Gasteiger partial charge is 0.481 e. The van der Waals surface area contributed by atoms with E-state index in [9.17, 15) is 15.0 Å². The molecule has 0 radical (unpaired) electrons. The normalized spacial score (nSPS) is 22.9. The summed E-state index contributed by atoms with van der Waals surface area (Å²) in [5, 5.41) is 23.7. The lowest BCUT2D eigenvalue weighted by Crippen LogP contribution is -2.56. The third-order valence-electron chi connectivity index (χ3n) is 5.03. The van der Waals surface area contributed by atoms with Gasteiger partial charge in [0.15, 0.2) is 0 Å². The molecule has 0 amide bonds. The van der Waals surface area contributed by atoms with Crippen molar-refractivity contribution < 1.29 is 15.0 Å². The molecule has 7 nitrogen and oxygen atoms in total. The number of carbonyl (C=O) groups is 1. The molecule has 1 aliphatic heterocycles. The van der Waals surface area contributed by atoms with Crippen molar-refractivity contribution in [2.75, 3.05) is 30.4 Å². The SMILES string of the molecule is CNc1cc(C)nc(N2CC[C@](Cc3ccccc3)(C(=O)O)[C@H](O)C2)n1. The molecule has 1 fully saturated rings. The molecule has 1 aromatic carbocycles. The Labute approximate surface area is 152 Å². The van der Waals surface area contributed by atoms with E-state index in [2.05, 4.69) is 15.3 Å². The van der Waals surface area contributed by atoms with Crippen LogP contribution in [0.3, 0.4) is 0 Å². The van der Waals surface area contributed by atoms with Gasteiger partial charge in [-0.15, -0.1) is 0 Å². The van der Waals surface area contributed by atoms with Gasteiger partial charge in [0.1, 0.15) is 11.2 Å². The first-order chi connectivity index (χ1) is 12.4. The standard InChI is InChI=1S/C19H24N4O3/c1-13-10-16(20-2)22-18(21-13)23-9-8-19(17(25)26,15(24)12-23)11-14-6-4-3-5-7-14/h3-7,10,15,24H,8-9,11-12H2,1-2H3,(H,25,26)(H,20,21,22)/t15-,19-/m1/s1. The van der Waals surface area contributed by atoms with Gasteiger partial charge >= 0.3 is 5.97 Å². The van der Waals surface area contributed by atoms with Crippen LogP contribution in [-0.2, 0) is 11.2 Å². The average Bonchev–Trinajstić information content (AvgIpc) is 2.63. The lowest BCUT2D eigenvalue weighted by molar-refractivity contribution is -0.158. The number of carboxylic acid groups (broad SMARTS) is 1. The molecular weight excluding hydrogens is 332 g/mol. The third-order valence-corrected chi connectivity index (χ3v) is 5.03. The number of aliphatic hydroxyl groups is 1. The maximum absolute atomic E-state index is 12.1. The number of aliphatic carboxylic acids is 1. The average molecular weight is 356 g/mol. The summed E-state index contributed by atoms with van der Waals surface area (Å²) < 4.78 is 0. The Morgan fingerprint density at radius 1 is 1.35 bits per heavy atom. The Kier molecular flexibility index (Phi) is 5.08. The molecule has 1 aliphatic rings. The molecule has 3 N–H and O–H groups in total. The van der Waals surface area contributed by atoms with Gasteiger partial charge in [0.25, 0.3) is 0 Å². The fourth-order valence-corrected chi connectivity index (χ4v) is 3.47. The van der Waals surface area contributed by atoms with Crippen molar-refractivity contribution in [1.29, 1.82) is 0 Å². The number of piperidine rings is 1. The Morgan fingerprint density at radius 3 is 2.69 bits per heavy atom. The van der Waals surface area contributed by atoms with Crippen molar-refractivity contribution in [3.63, 3.8) is 0 Å². The predicted molar refractivity (Wildman–Crippen MR) is 99.4 cm³/mol. The second-order valence-electron chi connectivity index (χ2n) is 6.78. The molecule has 7 heteroatoms. The highest BCUT2D eigenvalue weighted by molar-refractivity contribution is 5.76. The molecular formula is C19H24N4O3. The molecule has 2 heterocycles. The van der Waals surface area contributed by atoms with Gasteiger partial charge < -0.3 is 20.4 Å². The van der Waals surface area contributed by atoms with Crippen molar-refractivity contribution in [1.82, 2.24) is 9.97 Å². The molecule has 3 rings (SSSR count). The Bertz CT molecular complexity index is 784. The van der Waals surface area contributed by atoms with Gasteiger partial charge in [-0.1, -0.05) is 30.3 Å².